The van der Waals surface area contributed by atoms with E-state index in [1.165, 1.54) is 18.5 Å². The van der Waals surface area contributed by atoms with Gasteiger partial charge in [0, 0.05) is 29.7 Å². The fourth-order valence-corrected chi connectivity index (χ4v) is 6.35. The largest absolute Gasteiger partial charge is 0.497 e. The first-order chi connectivity index (χ1) is 16.3. The molecule has 0 saturated carbocycles. The van der Waals surface area contributed by atoms with E-state index < -0.39 is 15.9 Å². The molecule has 1 heterocycles. The molecule has 4 rings (SSSR count). The summed E-state index contributed by atoms with van der Waals surface area (Å²) in [7, 11) is -1.03. The molecule has 1 amide bonds. The van der Waals surface area contributed by atoms with Crippen LogP contribution >= 0.6 is 11.3 Å². The second kappa shape index (κ2) is 9.70. The highest BCUT2D eigenvalue weighted by Crippen LogP contribution is 2.38. The number of amides is 1. The minimum absolute atomic E-state index is 0.0211. The molecule has 3 aromatic carbocycles. The zero-order valence-corrected chi connectivity index (χ0v) is 20.6. The number of carbonyl (C=O) groups excluding carboxylic acids is 1. The van der Waals surface area contributed by atoms with Gasteiger partial charge in [0.2, 0.25) is 0 Å². The van der Waals surface area contributed by atoms with E-state index in [1.807, 2.05) is 49.4 Å². The van der Waals surface area contributed by atoms with E-state index in [2.05, 4.69) is 5.32 Å². The van der Waals surface area contributed by atoms with Gasteiger partial charge in [0.05, 0.1) is 12.8 Å². The summed E-state index contributed by atoms with van der Waals surface area (Å²) in [6, 6.07) is 23.3. The molecule has 0 aliphatic carbocycles. The molecule has 0 bridgehead atoms. The van der Waals surface area contributed by atoms with E-state index in [9.17, 15) is 13.2 Å². The first-order valence-corrected chi connectivity index (χ1v) is 12.8. The Bertz CT molecular complexity index is 1410. The van der Waals surface area contributed by atoms with Crippen molar-refractivity contribution in [3.05, 3.63) is 94.7 Å². The maximum atomic E-state index is 13.9. The number of thiophene rings is 1. The molecule has 1 aromatic heterocycles. The van der Waals surface area contributed by atoms with Gasteiger partial charge in [0.1, 0.15) is 15.5 Å². The molecule has 0 fully saturated rings. The monoisotopic (exact) mass is 492 g/mol. The second-order valence-electron chi connectivity index (χ2n) is 7.67. The van der Waals surface area contributed by atoms with Gasteiger partial charge in [-0.2, -0.15) is 0 Å². The van der Waals surface area contributed by atoms with E-state index in [-0.39, 0.29) is 9.77 Å². The van der Waals surface area contributed by atoms with Crippen molar-refractivity contribution in [1.82, 2.24) is 0 Å². The van der Waals surface area contributed by atoms with Crippen molar-refractivity contribution in [1.29, 1.82) is 0 Å². The fourth-order valence-electron chi connectivity index (χ4n) is 3.50. The van der Waals surface area contributed by atoms with E-state index in [0.29, 0.717) is 22.7 Å². The van der Waals surface area contributed by atoms with Gasteiger partial charge in [-0.3, -0.25) is 9.10 Å². The maximum absolute atomic E-state index is 13.9. The van der Waals surface area contributed by atoms with Crippen LogP contribution in [0.25, 0.3) is 11.1 Å². The number of anilines is 2. The molecule has 174 valence electrons. The van der Waals surface area contributed by atoms with Gasteiger partial charge in [-0.25, -0.2) is 8.42 Å². The zero-order valence-electron chi connectivity index (χ0n) is 19.0. The smallest absolute Gasteiger partial charge is 0.267 e. The van der Waals surface area contributed by atoms with Crippen molar-refractivity contribution in [2.24, 2.45) is 0 Å². The number of methoxy groups -OCH3 is 1. The minimum Gasteiger partial charge on any atom is -0.497 e. The van der Waals surface area contributed by atoms with Gasteiger partial charge >= 0.3 is 0 Å². The highest BCUT2D eigenvalue weighted by atomic mass is 32.2. The third kappa shape index (κ3) is 4.69. The zero-order chi connectivity index (χ0) is 24.3. The van der Waals surface area contributed by atoms with Gasteiger partial charge in [-0.15, -0.1) is 11.3 Å². The van der Waals surface area contributed by atoms with Gasteiger partial charge in [0.25, 0.3) is 15.9 Å². The van der Waals surface area contributed by atoms with Gasteiger partial charge < -0.3 is 10.1 Å². The predicted octanol–water partition coefficient (Wildman–Crippen LogP) is 5.81. The Morgan fingerprint density at radius 3 is 2.35 bits per heavy atom. The highest BCUT2D eigenvalue weighted by molar-refractivity contribution is 7.93. The van der Waals surface area contributed by atoms with Crippen LogP contribution in [0.15, 0.2) is 89.1 Å². The molecule has 6 nitrogen and oxygen atoms in total. The van der Waals surface area contributed by atoms with Crippen LogP contribution in [0.4, 0.5) is 11.4 Å². The maximum Gasteiger partial charge on any atom is 0.267 e. The Labute approximate surface area is 203 Å². The summed E-state index contributed by atoms with van der Waals surface area (Å²) in [6.45, 7) is 1.94. The average Bonchev–Trinajstić information content (AvgIpc) is 3.31. The summed E-state index contributed by atoms with van der Waals surface area (Å²) in [5, 5.41) is 4.52. The van der Waals surface area contributed by atoms with Crippen LogP contribution in [-0.4, -0.2) is 28.5 Å². The lowest BCUT2D eigenvalue weighted by Gasteiger charge is -2.21. The number of benzene rings is 3. The van der Waals surface area contributed by atoms with Gasteiger partial charge in [-0.1, -0.05) is 54.1 Å². The summed E-state index contributed by atoms with van der Waals surface area (Å²) < 4.78 is 34.2. The van der Waals surface area contributed by atoms with Crippen LogP contribution in [0.3, 0.4) is 0 Å². The molecular formula is C26H24N2O4S2. The SMILES string of the molecule is COc1cccc(NC(=O)c2scc(-c3ccccc3)c2S(=O)(=O)N(C)c2ccc(C)cc2)c1. The lowest BCUT2D eigenvalue weighted by molar-refractivity contribution is 0.102. The predicted molar refractivity (Wildman–Crippen MR) is 137 cm³/mol. The van der Waals surface area contributed by atoms with Crippen molar-refractivity contribution < 1.29 is 17.9 Å². The first kappa shape index (κ1) is 23.5. The summed E-state index contributed by atoms with van der Waals surface area (Å²) in [5.74, 6) is 0.0808. The van der Waals surface area contributed by atoms with Crippen LogP contribution in [0.5, 0.6) is 5.75 Å². The summed E-state index contributed by atoms with van der Waals surface area (Å²) in [6.07, 6.45) is 0. The van der Waals surface area contributed by atoms with Crippen molar-refractivity contribution in [2.75, 3.05) is 23.8 Å². The number of nitrogens with zero attached hydrogens (tertiary/aromatic N) is 1. The summed E-state index contributed by atoms with van der Waals surface area (Å²) >= 11 is 1.10. The van der Waals surface area contributed by atoms with Gasteiger partial charge in [0.15, 0.2) is 0 Å². The Morgan fingerprint density at radius 1 is 0.971 bits per heavy atom. The highest BCUT2D eigenvalue weighted by Gasteiger charge is 2.32. The molecule has 34 heavy (non-hydrogen) atoms. The molecule has 1 N–H and O–H groups in total. The standard InChI is InChI=1S/C26H24N2O4S2/c1-18-12-14-21(15-13-18)28(2)34(30,31)25-23(19-8-5-4-6-9-19)17-33-24(25)26(29)27-20-10-7-11-22(16-20)32-3/h4-17H,1-3H3,(H,27,29). The second-order valence-corrected chi connectivity index (χ2v) is 10.5. The Morgan fingerprint density at radius 2 is 1.68 bits per heavy atom. The number of aryl methyl sites for hydroxylation is 1. The Hall–Kier alpha value is -3.62. The Balaban J connectivity index is 1.81. The molecule has 0 spiro atoms. The van der Waals surface area contributed by atoms with E-state index >= 15 is 0 Å². The van der Waals surface area contributed by atoms with Gasteiger partial charge in [-0.05, 0) is 36.8 Å². The van der Waals surface area contributed by atoms with Crippen LogP contribution in [-0.2, 0) is 10.0 Å². The van der Waals surface area contributed by atoms with Crippen molar-refractivity contribution in [3.63, 3.8) is 0 Å². The normalized spacial score (nSPS) is 11.1. The van der Waals surface area contributed by atoms with Crippen LogP contribution < -0.4 is 14.4 Å². The molecule has 0 radical (unpaired) electrons. The number of hydrogen-bond donors (Lipinski definition) is 1. The van der Waals surface area contributed by atoms with Crippen molar-refractivity contribution in [3.8, 4) is 16.9 Å². The molecule has 4 aromatic rings. The first-order valence-electron chi connectivity index (χ1n) is 10.5. The minimum atomic E-state index is -4.06. The molecule has 0 atom stereocenters. The van der Waals surface area contributed by atoms with Crippen molar-refractivity contribution in [2.45, 2.75) is 11.8 Å². The quantitative estimate of drug-likeness (QED) is 0.353. The summed E-state index contributed by atoms with van der Waals surface area (Å²) in [5.41, 5.74) is 3.24. The Kier molecular flexibility index (Phi) is 6.72. The number of rotatable bonds is 7. The molecule has 0 aliphatic rings. The van der Waals surface area contributed by atoms with Crippen LogP contribution in [0.1, 0.15) is 15.2 Å². The number of sulfonamides is 1. The third-order valence-electron chi connectivity index (χ3n) is 5.38. The van der Waals surface area contributed by atoms with Crippen LogP contribution in [0.2, 0.25) is 0 Å². The topological polar surface area (TPSA) is 75.7 Å². The number of carbonyl (C=O) groups is 1. The molecule has 0 aliphatic heterocycles. The average molecular weight is 493 g/mol. The van der Waals surface area contributed by atoms with E-state index in [0.717, 1.165) is 22.5 Å². The number of hydrogen-bond acceptors (Lipinski definition) is 5. The van der Waals surface area contributed by atoms with E-state index in [4.69, 9.17) is 4.74 Å². The molecule has 8 heteroatoms. The fraction of sp³-hybridized carbons (Fsp3) is 0.115. The molecular weight excluding hydrogens is 468 g/mol. The third-order valence-corrected chi connectivity index (χ3v) is 8.36. The van der Waals surface area contributed by atoms with E-state index in [1.54, 1.807) is 41.8 Å². The summed E-state index contributed by atoms with van der Waals surface area (Å²) in [4.78, 5) is 13.4. The molecule has 0 saturated heterocycles. The number of ether oxygens (including phenoxy) is 1. The van der Waals surface area contributed by atoms with Crippen LogP contribution in [0, 0.1) is 6.92 Å². The molecule has 0 unspecified atom stereocenters. The lowest BCUT2D eigenvalue weighted by atomic mass is 10.1. The lowest BCUT2D eigenvalue weighted by Crippen LogP contribution is -2.28. The van der Waals surface area contributed by atoms with Crippen molar-refractivity contribution >= 4 is 38.6 Å². The number of nitrogens with one attached hydrogen (secondary N) is 1.